The molecule has 0 spiro atoms. The summed E-state index contributed by atoms with van der Waals surface area (Å²) in [6.07, 6.45) is 2.86. The van der Waals surface area contributed by atoms with Crippen molar-refractivity contribution >= 4 is 0 Å². The van der Waals surface area contributed by atoms with Crippen LogP contribution >= 0.6 is 0 Å². The van der Waals surface area contributed by atoms with Crippen LogP contribution in [0.3, 0.4) is 0 Å². The van der Waals surface area contributed by atoms with Crippen molar-refractivity contribution in [3.63, 3.8) is 0 Å². The van der Waals surface area contributed by atoms with Gasteiger partial charge in [0.2, 0.25) is 0 Å². The lowest BCUT2D eigenvalue weighted by Gasteiger charge is -2.08. The van der Waals surface area contributed by atoms with Gasteiger partial charge >= 0.3 is 0 Å². The Morgan fingerprint density at radius 3 is 2.71 bits per heavy atom. The van der Waals surface area contributed by atoms with Gasteiger partial charge in [0, 0.05) is 12.6 Å². The Kier molecular flexibility index (Phi) is 2.12. The van der Waals surface area contributed by atoms with Crippen LogP contribution in [0.15, 0.2) is 24.3 Å². The summed E-state index contributed by atoms with van der Waals surface area (Å²) in [5.41, 5.74) is 4.97. The minimum Gasteiger partial charge on any atom is -0.267 e. The molecule has 0 aliphatic rings. The third kappa shape index (κ3) is 1.33. The molecule has 2 heteroatoms. The van der Waals surface area contributed by atoms with E-state index in [-0.39, 0.29) is 0 Å². The van der Waals surface area contributed by atoms with Crippen molar-refractivity contribution in [3.05, 3.63) is 41.6 Å². The first kappa shape index (κ1) is 9.00. The minimum atomic E-state index is 1.12. The lowest BCUT2D eigenvalue weighted by molar-refractivity contribution is 0.773. The molecule has 2 aromatic rings. The summed E-state index contributed by atoms with van der Waals surface area (Å²) in [6, 6.07) is 8.23. The number of aryl methyl sites for hydroxylation is 2. The summed E-state index contributed by atoms with van der Waals surface area (Å²) in [6.45, 7) is 4.26. The van der Waals surface area contributed by atoms with Crippen molar-refractivity contribution in [2.45, 2.75) is 13.8 Å². The predicted octanol–water partition coefficient (Wildman–Crippen LogP) is 2.50. The van der Waals surface area contributed by atoms with E-state index < -0.39 is 0 Å². The van der Waals surface area contributed by atoms with Gasteiger partial charge in [0.05, 0.1) is 5.69 Å². The van der Waals surface area contributed by atoms with Crippen molar-refractivity contribution in [3.8, 4) is 11.3 Å². The molecular weight excluding hydrogens is 172 g/mol. The fourth-order valence-electron chi connectivity index (χ4n) is 1.60. The molecule has 2 nitrogen and oxygen atoms in total. The van der Waals surface area contributed by atoms with Gasteiger partial charge in [-0.05, 0) is 31.0 Å². The predicted molar refractivity (Wildman–Crippen MR) is 57.0 cm³/mol. The van der Waals surface area contributed by atoms with Gasteiger partial charge in [-0.15, -0.1) is 0 Å². The smallest absolute Gasteiger partial charge is 0.113 e. The van der Waals surface area contributed by atoms with E-state index in [1.165, 1.54) is 16.7 Å². The van der Waals surface area contributed by atoms with Crippen LogP contribution in [0.1, 0.15) is 11.1 Å². The van der Waals surface area contributed by atoms with E-state index in [1.807, 2.05) is 17.8 Å². The lowest BCUT2D eigenvalue weighted by Crippen LogP contribution is -1.95. The Hall–Kier alpha value is -1.57. The van der Waals surface area contributed by atoms with Gasteiger partial charge < -0.3 is 0 Å². The molecule has 0 unspecified atom stereocenters. The van der Waals surface area contributed by atoms with Crippen molar-refractivity contribution < 1.29 is 0 Å². The summed E-state index contributed by atoms with van der Waals surface area (Å²) in [7, 11) is 1.94. The molecule has 1 heterocycles. The number of hydrogen-bond donors (Lipinski definition) is 0. The van der Waals surface area contributed by atoms with Crippen LogP contribution < -0.4 is 0 Å². The molecule has 0 N–H and O–H groups in total. The second kappa shape index (κ2) is 3.29. The highest BCUT2D eigenvalue weighted by Crippen LogP contribution is 2.24. The molecule has 0 amide bonds. The van der Waals surface area contributed by atoms with Crippen LogP contribution in [-0.4, -0.2) is 9.78 Å². The highest BCUT2D eigenvalue weighted by molar-refractivity contribution is 5.64. The molecule has 0 atom stereocenters. The van der Waals surface area contributed by atoms with Crippen molar-refractivity contribution in [2.75, 3.05) is 0 Å². The monoisotopic (exact) mass is 185 g/mol. The molecule has 1 aromatic heterocycles. The molecule has 0 saturated carbocycles. The van der Waals surface area contributed by atoms with Crippen molar-refractivity contribution in [2.24, 2.45) is 7.05 Å². The molecule has 0 fully saturated rings. The molecule has 0 aliphatic heterocycles. The second-order valence-electron chi connectivity index (χ2n) is 3.53. The van der Waals surface area contributed by atoms with Crippen LogP contribution in [0.25, 0.3) is 11.3 Å². The standard InChI is InChI=1S/C12H13N2/c1-9-5-4-6-11(10(9)2)12-7-8-13-14(12)3/h4-7H,1-3H3. The Morgan fingerprint density at radius 2 is 2.07 bits per heavy atom. The molecule has 1 aromatic carbocycles. The first-order valence-electron chi connectivity index (χ1n) is 4.67. The Morgan fingerprint density at radius 1 is 1.29 bits per heavy atom. The molecule has 0 aliphatic carbocycles. The molecular formula is C12H13N2. The molecule has 14 heavy (non-hydrogen) atoms. The Balaban J connectivity index is 2.63. The number of benzene rings is 1. The maximum atomic E-state index is 4.06. The van der Waals surface area contributed by atoms with Crippen LogP contribution in [-0.2, 0) is 7.05 Å². The third-order valence-electron chi connectivity index (χ3n) is 2.64. The van der Waals surface area contributed by atoms with Gasteiger partial charge in [0.1, 0.15) is 6.20 Å². The number of aromatic nitrogens is 2. The van der Waals surface area contributed by atoms with Gasteiger partial charge in [0.25, 0.3) is 0 Å². The summed E-state index contributed by atoms with van der Waals surface area (Å²) in [5.74, 6) is 0. The summed E-state index contributed by atoms with van der Waals surface area (Å²) < 4.78 is 1.85. The zero-order chi connectivity index (χ0) is 10.1. The number of hydrogen-bond acceptors (Lipinski definition) is 1. The van der Waals surface area contributed by atoms with E-state index >= 15 is 0 Å². The van der Waals surface area contributed by atoms with Crippen molar-refractivity contribution in [1.82, 2.24) is 9.78 Å². The van der Waals surface area contributed by atoms with Crippen molar-refractivity contribution in [1.29, 1.82) is 0 Å². The quantitative estimate of drug-likeness (QED) is 0.667. The normalized spacial score (nSPS) is 10.5. The van der Waals surface area contributed by atoms with Crippen LogP contribution in [0.2, 0.25) is 0 Å². The average molecular weight is 185 g/mol. The zero-order valence-corrected chi connectivity index (χ0v) is 8.70. The van der Waals surface area contributed by atoms with E-state index in [2.05, 4.69) is 43.3 Å². The van der Waals surface area contributed by atoms with Crippen LogP contribution in [0, 0.1) is 20.0 Å². The highest BCUT2D eigenvalue weighted by atomic mass is 15.3. The van der Waals surface area contributed by atoms with Gasteiger partial charge in [-0.1, -0.05) is 18.2 Å². The van der Waals surface area contributed by atoms with Gasteiger partial charge in [0.15, 0.2) is 0 Å². The third-order valence-corrected chi connectivity index (χ3v) is 2.64. The largest absolute Gasteiger partial charge is 0.267 e. The van der Waals surface area contributed by atoms with E-state index in [9.17, 15) is 0 Å². The fourth-order valence-corrected chi connectivity index (χ4v) is 1.60. The first-order chi connectivity index (χ1) is 6.70. The summed E-state index contributed by atoms with van der Waals surface area (Å²) in [5, 5.41) is 4.06. The number of nitrogens with zero attached hydrogens (tertiary/aromatic N) is 2. The Labute approximate surface area is 84.2 Å². The lowest BCUT2D eigenvalue weighted by atomic mass is 10.0. The molecule has 0 bridgehead atoms. The highest BCUT2D eigenvalue weighted by Gasteiger charge is 2.06. The molecule has 71 valence electrons. The van der Waals surface area contributed by atoms with Gasteiger partial charge in [-0.3, -0.25) is 4.68 Å². The maximum absolute atomic E-state index is 4.06. The zero-order valence-electron chi connectivity index (χ0n) is 8.70. The van der Waals surface area contributed by atoms with Gasteiger partial charge in [-0.2, -0.15) is 5.10 Å². The van der Waals surface area contributed by atoms with Crippen LogP contribution in [0.5, 0.6) is 0 Å². The molecule has 1 radical (unpaired) electrons. The summed E-state index contributed by atoms with van der Waals surface area (Å²) >= 11 is 0. The topological polar surface area (TPSA) is 17.8 Å². The SMILES string of the molecule is Cc1cccc(-c2c[c]nn2C)c1C. The van der Waals surface area contributed by atoms with E-state index in [0.29, 0.717) is 0 Å². The van der Waals surface area contributed by atoms with E-state index in [1.54, 1.807) is 0 Å². The second-order valence-corrected chi connectivity index (χ2v) is 3.53. The molecule has 0 saturated heterocycles. The Bertz CT molecular complexity index is 455. The van der Waals surface area contributed by atoms with Gasteiger partial charge in [-0.25, -0.2) is 0 Å². The fraction of sp³-hybridized carbons (Fsp3) is 0.250. The van der Waals surface area contributed by atoms with E-state index in [0.717, 1.165) is 5.69 Å². The first-order valence-corrected chi connectivity index (χ1v) is 4.67. The van der Waals surface area contributed by atoms with E-state index in [4.69, 9.17) is 0 Å². The van der Waals surface area contributed by atoms with Crippen LogP contribution in [0.4, 0.5) is 0 Å². The summed E-state index contributed by atoms with van der Waals surface area (Å²) in [4.78, 5) is 0. The molecule has 2 rings (SSSR count). The number of rotatable bonds is 1. The maximum Gasteiger partial charge on any atom is 0.113 e. The minimum absolute atomic E-state index is 1.12. The average Bonchev–Trinajstić information content (AvgIpc) is 2.57.